The number of nitrogens with zero attached hydrogens (tertiary/aromatic N) is 1. The highest BCUT2D eigenvalue weighted by Gasteiger charge is 2.29. The van der Waals surface area contributed by atoms with Crippen molar-refractivity contribution >= 4 is 21.8 Å². The molecular formula is C15H27N3O5S. The average Bonchev–Trinajstić information content (AvgIpc) is 2.87. The molecule has 0 spiro atoms. The molecule has 0 aromatic rings. The first-order valence-electron chi connectivity index (χ1n) is 8.54. The lowest BCUT2D eigenvalue weighted by atomic mass is 10.1. The molecule has 0 aliphatic carbocycles. The summed E-state index contributed by atoms with van der Waals surface area (Å²) >= 11 is 0. The van der Waals surface area contributed by atoms with Crippen molar-refractivity contribution in [2.75, 3.05) is 37.7 Å². The molecule has 2 heterocycles. The topological polar surface area (TPSA) is 105 Å². The van der Waals surface area contributed by atoms with Crippen molar-refractivity contribution in [3.8, 4) is 0 Å². The van der Waals surface area contributed by atoms with Gasteiger partial charge in [0.05, 0.1) is 18.1 Å². The number of hydrogen-bond acceptors (Lipinski definition) is 6. The van der Waals surface area contributed by atoms with Crippen molar-refractivity contribution in [2.45, 2.75) is 44.7 Å². The molecule has 0 aromatic carbocycles. The summed E-state index contributed by atoms with van der Waals surface area (Å²) in [6, 6.07) is 0.0469. The number of likely N-dealkylation sites (tertiary alicyclic amines) is 1. The molecule has 2 amide bonds. The minimum absolute atomic E-state index is 0.0541. The predicted molar refractivity (Wildman–Crippen MR) is 89.4 cm³/mol. The van der Waals surface area contributed by atoms with Gasteiger partial charge in [-0.15, -0.1) is 0 Å². The molecule has 2 rings (SSSR count). The monoisotopic (exact) mass is 361 g/mol. The molecule has 9 heteroatoms. The second kappa shape index (κ2) is 8.66. The van der Waals surface area contributed by atoms with Gasteiger partial charge in [-0.2, -0.15) is 0 Å². The van der Waals surface area contributed by atoms with Gasteiger partial charge in [0.2, 0.25) is 5.91 Å². The van der Waals surface area contributed by atoms with Crippen LogP contribution in [-0.2, 0) is 19.4 Å². The number of carbonyl (C=O) groups is 2. The van der Waals surface area contributed by atoms with E-state index in [0.717, 1.165) is 12.8 Å². The Morgan fingerprint density at radius 2 is 1.88 bits per heavy atom. The molecule has 2 fully saturated rings. The summed E-state index contributed by atoms with van der Waals surface area (Å²) in [7, 11) is -2.97. The summed E-state index contributed by atoms with van der Waals surface area (Å²) < 4.78 is 27.7. The third-order valence-electron chi connectivity index (χ3n) is 4.40. The summed E-state index contributed by atoms with van der Waals surface area (Å²) in [5.74, 6) is 0.0989. The largest absolute Gasteiger partial charge is 0.450 e. The van der Waals surface area contributed by atoms with Crippen LogP contribution in [0.5, 0.6) is 0 Å². The smallest absolute Gasteiger partial charge is 0.409 e. The fourth-order valence-corrected chi connectivity index (χ4v) is 4.75. The third-order valence-corrected chi connectivity index (χ3v) is 6.17. The molecule has 24 heavy (non-hydrogen) atoms. The summed E-state index contributed by atoms with van der Waals surface area (Å²) in [4.78, 5) is 25.2. The molecule has 0 radical (unpaired) electrons. The van der Waals surface area contributed by atoms with Gasteiger partial charge in [0.1, 0.15) is 0 Å². The van der Waals surface area contributed by atoms with Crippen LogP contribution < -0.4 is 10.6 Å². The van der Waals surface area contributed by atoms with Gasteiger partial charge in [-0.25, -0.2) is 13.2 Å². The second-order valence-electron chi connectivity index (χ2n) is 6.33. The molecular weight excluding hydrogens is 334 g/mol. The van der Waals surface area contributed by atoms with E-state index in [2.05, 4.69) is 10.6 Å². The van der Waals surface area contributed by atoms with E-state index in [1.54, 1.807) is 11.8 Å². The molecule has 2 aliphatic heterocycles. The van der Waals surface area contributed by atoms with Gasteiger partial charge in [0.15, 0.2) is 9.84 Å². The molecule has 8 nitrogen and oxygen atoms in total. The lowest BCUT2D eigenvalue weighted by Gasteiger charge is -2.31. The summed E-state index contributed by atoms with van der Waals surface area (Å²) in [5, 5.41) is 6.11. The van der Waals surface area contributed by atoms with E-state index in [1.165, 1.54) is 0 Å². The van der Waals surface area contributed by atoms with E-state index in [4.69, 9.17) is 4.74 Å². The Morgan fingerprint density at radius 3 is 2.46 bits per heavy atom. The fraction of sp³-hybridized carbons (Fsp3) is 0.867. The zero-order valence-corrected chi connectivity index (χ0v) is 14.9. The van der Waals surface area contributed by atoms with Crippen molar-refractivity contribution in [3.63, 3.8) is 0 Å². The lowest BCUT2D eigenvalue weighted by Crippen LogP contribution is -2.46. The molecule has 2 saturated heterocycles. The highest BCUT2D eigenvalue weighted by atomic mass is 32.2. The number of rotatable bonds is 6. The highest BCUT2D eigenvalue weighted by Crippen LogP contribution is 2.12. The predicted octanol–water partition coefficient (Wildman–Crippen LogP) is -0.110. The minimum Gasteiger partial charge on any atom is -0.450 e. The molecule has 0 aromatic heterocycles. The average molecular weight is 361 g/mol. The van der Waals surface area contributed by atoms with Gasteiger partial charge in [0, 0.05) is 38.1 Å². The van der Waals surface area contributed by atoms with E-state index < -0.39 is 9.84 Å². The summed E-state index contributed by atoms with van der Waals surface area (Å²) in [6.45, 7) is 4.04. The van der Waals surface area contributed by atoms with Gasteiger partial charge >= 0.3 is 6.09 Å². The van der Waals surface area contributed by atoms with Crippen LogP contribution in [0.15, 0.2) is 0 Å². The van der Waals surface area contributed by atoms with Crippen molar-refractivity contribution in [3.05, 3.63) is 0 Å². The van der Waals surface area contributed by atoms with Crippen LogP contribution in [-0.4, -0.2) is 75.1 Å². The van der Waals surface area contributed by atoms with E-state index in [-0.39, 0.29) is 35.6 Å². The number of hydrogen-bond donors (Lipinski definition) is 2. The summed E-state index contributed by atoms with van der Waals surface area (Å²) in [6.07, 6.45) is 2.24. The van der Waals surface area contributed by atoms with Crippen LogP contribution in [0.3, 0.4) is 0 Å². The van der Waals surface area contributed by atoms with Crippen LogP contribution in [0.1, 0.15) is 32.6 Å². The molecule has 0 saturated carbocycles. The van der Waals surface area contributed by atoms with Crippen LogP contribution in [0.25, 0.3) is 0 Å². The maximum absolute atomic E-state index is 11.8. The molecule has 1 atom stereocenters. The van der Waals surface area contributed by atoms with Crippen LogP contribution in [0, 0.1) is 0 Å². The minimum atomic E-state index is -2.97. The number of sulfone groups is 1. The molecule has 138 valence electrons. The van der Waals surface area contributed by atoms with E-state index in [0.29, 0.717) is 39.1 Å². The molecule has 2 N–H and O–H groups in total. The SMILES string of the molecule is CCOC(=O)N1CCC(NCCC(=O)NC2CCS(=O)(=O)C2)CC1. The number of amides is 2. The number of nitrogens with one attached hydrogen (secondary N) is 2. The Balaban J connectivity index is 1.58. The van der Waals surface area contributed by atoms with Gasteiger partial charge in [-0.1, -0.05) is 0 Å². The Morgan fingerprint density at radius 1 is 1.17 bits per heavy atom. The summed E-state index contributed by atoms with van der Waals surface area (Å²) in [5.41, 5.74) is 0. The Bertz CT molecular complexity index is 543. The van der Waals surface area contributed by atoms with Crippen molar-refractivity contribution in [1.82, 2.24) is 15.5 Å². The van der Waals surface area contributed by atoms with E-state index in [1.807, 2.05) is 0 Å². The Labute approximate surface area is 143 Å². The Hall–Kier alpha value is -1.35. The first kappa shape index (κ1) is 19.0. The highest BCUT2D eigenvalue weighted by molar-refractivity contribution is 7.91. The second-order valence-corrected chi connectivity index (χ2v) is 8.56. The van der Waals surface area contributed by atoms with Crippen molar-refractivity contribution < 1.29 is 22.7 Å². The number of ether oxygens (including phenoxy) is 1. The maximum atomic E-state index is 11.8. The van der Waals surface area contributed by atoms with Crippen LogP contribution in [0.2, 0.25) is 0 Å². The van der Waals surface area contributed by atoms with Gasteiger partial charge in [-0.05, 0) is 26.2 Å². The number of carbonyl (C=O) groups excluding carboxylic acids is 2. The van der Waals surface area contributed by atoms with E-state index in [9.17, 15) is 18.0 Å². The first-order chi connectivity index (χ1) is 11.4. The zero-order valence-electron chi connectivity index (χ0n) is 14.1. The standard InChI is InChI=1S/C15H27N3O5S/c1-2-23-15(20)18-8-4-12(5-9-18)16-7-3-14(19)17-13-6-10-24(21,22)11-13/h12-13,16H,2-11H2,1H3,(H,17,19). The van der Waals surface area contributed by atoms with Crippen LogP contribution in [0.4, 0.5) is 4.79 Å². The molecule has 0 bridgehead atoms. The van der Waals surface area contributed by atoms with Gasteiger partial charge in [-0.3, -0.25) is 4.79 Å². The van der Waals surface area contributed by atoms with Crippen molar-refractivity contribution in [2.24, 2.45) is 0 Å². The number of piperidine rings is 1. The Kier molecular flexibility index (Phi) is 6.85. The molecule has 2 aliphatic rings. The maximum Gasteiger partial charge on any atom is 0.409 e. The third kappa shape index (κ3) is 5.94. The van der Waals surface area contributed by atoms with Gasteiger partial charge in [0.25, 0.3) is 0 Å². The zero-order chi connectivity index (χ0) is 17.6. The quantitative estimate of drug-likeness (QED) is 0.684. The lowest BCUT2D eigenvalue weighted by molar-refractivity contribution is -0.121. The fourth-order valence-electron chi connectivity index (χ4n) is 3.08. The first-order valence-corrected chi connectivity index (χ1v) is 10.4. The normalized spacial score (nSPS) is 23.9. The van der Waals surface area contributed by atoms with E-state index >= 15 is 0 Å². The molecule has 1 unspecified atom stereocenters. The van der Waals surface area contributed by atoms with Gasteiger partial charge < -0.3 is 20.3 Å². The van der Waals surface area contributed by atoms with Crippen molar-refractivity contribution in [1.29, 1.82) is 0 Å². The van der Waals surface area contributed by atoms with Crippen LogP contribution >= 0.6 is 0 Å².